The fraction of sp³-hybridized carbons (Fsp3) is 0.500. The number of anilines is 1. The molecule has 9 nitrogen and oxygen atoms in total. The first-order chi connectivity index (χ1) is 9.48. The van der Waals surface area contributed by atoms with E-state index >= 15 is 0 Å². The van der Waals surface area contributed by atoms with Gasteiger partial charge in [-0.2, -0.15) is 5.10 Å². The number of halogens is 1. The Bertz CT molecular complexity index is 652. The summed E-state index contributed by atoms with van der Waals surface area (Å²) in [5.74, 6) is -2.59. The molecule has 0 saturated carbocycles. The number of nitrogen functional groups attached to an aromatic ring is 1. The normalized spacial score (nSPS) is 33.9. The van der Waals surface area contributed by atoms with E-state index in [0.29, 0.717) is 5.39 Å². The summed E-state index contributed by atoms with van der Waals surface area (Å²) < 4.78 is 20.0. The van der Waals surface area contributed by atoms with Crippen LogP contribution in [0.15, 0.2) is 12.5 Å². The van der Waals surface area contributed by atoms with Crippen LogP contribution >= 0.6 is 0 Å². The second kappa shape index (κ2) is 4.31. The second-order valence-corrected chi connectivity index (χ2v) is 4.47. The third kappa shape index (κ3) is 1.66. The van der Waals surface area contributed by atoms with E-state index in [1.165, 1.54) is 12.5 Å². The van der Waals surface area contributed by atoms with Crippen molar-refractivity contribution in [2.24, 2.45) is 0 Å². The van der Waals surface area contributed by atoms with Crippen molar-refractivity contribution < 1.29 is 24.4 Å². The van der Waals surface area contributed by atoms with Crippen molar-refractivity contribution in [3.63, 3.8) is 0 Å². The van der Waals surface area contributed by atoms with Gasteiger partial charge in [0.1, 0.15) is 31.0 Å². The van der Waals surface area contributed by atoms with Crippen molar-refractivity contribution >= 4 is 16.9 Å². The molecule has 2 aromatic heterocycles. The Morgan fingerprint density at radius 3 is 2.85 bits per heavy atom. The maximum absolute atomic E-state index is 14.0. The molecule has 10 heteroatoms. The number of aliphatic hydroxyl groups is 3. The SMILES string of the molecule is Nc1ncnc2c1cnn2[C@@H]1O[C@](F)(CO)[C@@H](O)[C@H]1O. The summed E-state index contributed by atoms with van der Waals surface area (Å²) >= 11 is 0. The van der Waals surface area contributed by atoms with Crippen molar-refractivity contribution in [3.8, 4) is 0 Å². The number of rotatable bonds is 2. The minimum absolute atomic E-state index is 0.169. The summed E-state index contributed by atoms with van der Waals surface area (Å²) in [7, 11) is 0. The maximum atomic E-state index is 14.0. The molecule has 1 saturated heterocycles. The minimum atomic E-state index is -2.76. The fourth-order valence-electron chi connectivity index (χ4n) is 2.14. The Labute approximate surface area is 111 Å². The van der Waals surface area contributed by atoms with E-state index in [1.807, 2.05) is 0 Å². The predicted molar refractivity (Wildman–Crippen MR) is 62.8 cm³/mol. The summed E-state index contributed by atoms with van der Waals surface area (Å²) in [5, 5.41) is 32.7. The molecule has 0 radical (unpaired) electrons. The summed E-state index contributed by atoms with van der Waals surface area (Å²) in [6.45, 7) is -1.10. The first-order valence-corrected chi connectivity index (χ1v) is 5.75. The van der Waals surface area contributed by atoms with Gasteiger partial charge in [0, 0.05) is 0 Å². The molecular formula is C10H12FN5O4. The summed E-state index contributed by atoms with van der Waals surface area (Å²) in [5.41, 5.74) is 5.86. The van der Waals surface area contributed by atoms with Crippen LogP contribution in [-0.4, -0.2) is 59.7 Å². The van der Waals surface area contributed by atoms with Crippen molar-refractivity contribution in [1.82, 2.24) is 19.7 Å². The van der Waals surface area contributed by atoms with Crippen molar-refractivity contribution in [2.75, 3.05) is 12.3 Å². The van der Waals surface area contributed by atoms with Crippen LogP contribution in [0.5, 0.6) is 0 Å². The van der Waals surface area contributed by atoms with Gasteiger partial charge in [-0.25, -0.2) is 19.0 Å². The lowest BCUT2D eigenvalue weighted by Crippen LogP contribution is -2.42. The molecule has 3 rings (SSSR count). The molecule has 4 atom stereocenters. The van der Waals surface area contributed by atoms with E-state index in [-0.39, 0.29) is 11.5 Å². The predicted octanol–water partition coefficient (Wildman–Crippen LogP) is -1.68. The van der Waals surface area contributed by atoms with E-state index in [9.17, 15) is 14.6 Å². The zero-order valence-electron chi connectivity index (χ0n) is 10.1. The largest absolute Gasteiger partial charge is 0.390 e. The average Bonchev–Trinajstić information content (AvgIpc) is 2.96. The van der Waals surface area contributed by atoms with Crippen LogP contribution in [0.4, 0.5) is 10.2 Å². The highest BCUT2D eigenvalue weighted by atomic mass is 19.2. The lowest BCUT2D eigenvalue weighted by molar-refractivity contribution is -0.207. The summed E-state index contributed by atoms with van der Waals surface area (Å²) in [4.78, 5) is 7.70. The van der Waals surface area contributed by atoms with Crippen molar-refractivity contribution in [2.45, 2.75) is 24.3 Å². The summed E-state index contributed by atoms with van der Waals surface area (Å²) in [6.07, 6.45) is -2.34. The van der Waals surface area contributed by atoms with Gasteiger partial charge in [0.25, 0.3) is 5.85 Å². The number of nitrogens with two attached hydrogens (primary N) is 1. The first kappa shape index (κ1) is 13.1. The zero-order valence-corrected chi connectivity index (χ0v) is 10.1. The molecule has 0 amide bonds. The quantitative estimate of drug-likeness (QED) is 0.513. The topological polar surface area (TPSA) is 140 Å². The monoisotopic (exact) mass is 285 g/mol. The Hall–Kier alpha value is -1.88. The van der Waals surface area contributed by atoms with Crippen molar-refractivity contribution in [1.29, 1.82) is 0 Å². The molecular weight excluding hydrogens is 273 g/mol. The van der Waals surface area contributed by atoms with Crippen LogP contribution in [-0.2, 0) is 4.74 Å². The molecule has 0 aliphatic carbocycles. The number of hydrogen-bond acceptors (Lipinski definition) is 8. The molecule has 1 fully saturated rings. The van der Waals surface area contributed by atoms with Crippen LogP contribution in [0.1, 0.15) is 6.23 Å². The maximum Gasteiger partial charge on any atom is 0.263 e. The minimum Gasteiger partial charge on any atom is -0.390 e. The Balaban J connectivity index is 2.06. The Morgan fingerprint density at radius 2 is 2.20 bits per heavy atom. The van der Waals surface area contributed by atoms with E-state index in [2.05, 4.69) is 15.1 Å². The Kier molecular flexibility index (Phi) is 2.83. The van der Waals surface area contributed by atoms with Crippen LogP contribution in [0, 0.1) is 0 Å². The molecule has 3 heterocycles. The highest BCUT2D eigenvalue weighted by Gasteiger charge is 2.56. The van der Waals surface area contributed by atoms with Gasteiger partial charge in [0.05, 0.1) is 11.6 Å². The molecule has 108 valence electrons. The molecule has 5 N–H and O–H groups in total. The van der Waals surface area contributed by atoms with Crippen molar-refractivity contribution in [3.05, 3.63) is 12.5 Å². The lowest BCUT2D eigenvalue weighted by Gasteiger charge is -2.19. The number of ether oxygens (including phenoxy) is 1. The smallest absolute Gasteiger partial charge is 0.263 e. The lowest BCUT2D eigenvalue weighted by atomic mass is 10.1. The molecule has 20 heavy (non-hydrogen) atoms. The first-order valence-electron chi connectivity index (χ1n) is 5.75. The number of aliphatic hydroxyl groups excluding tert-OH is 3. The van der Waals surface area contributed by atoms with E-state index in [0.717, 1.165) is 4.68 Å². The van der Waals surface area contributed by atoms with E-state index in [4.69, 9.17) is 15.6 Å². The summed E-state index contributed by atoms with van der Waals surface area (Å²) in [6, 6.07) is 0. The number of fused-ring (bicyclic) bond motifs is 1. The van der Waals surface area contributed by atoms with Crippen LogP contribution in [0.25, 0.3) is 11.0 Å². The van der Waals surface area contributed by atoms with E-state index < -0.39 is 30.9 Å². The van der Waals surface area contributed by atoms with Gasteiger partial charge in [0.15, 0.2) is 11.9 Å². The van der Waals surface area contributed by atoms with Gasteiger partial charge >= 0.3 is 0 Å². The molecule has 1 aliphatic heterocycles. The van der Waals surface area contributed by atoms with Gasteiger partial charge in [-0.15, -0.1) is 0 Å². The van der Waals surface area contributed by atoms with Crippen LogP contribution in [0.3, 0.4) is 0 Å². The highest BCUT2D eigenvalue weighted by molar-refractivity contribution is 5.84. The highest BCUT2D eigenvalue weighted by Crippen LogP contribution is 2.38. The third-order valence-corrected chi connectivity index (χ3v) is 3.25. The molecule has 1 aliphatic rings. The second-order valence-electron chi connectivity index (χ2n) is 4.47. The van der Waals surface area contributed by atoms with Crippen LogP contribution < -0.4 is 5.73 Å². The van der Waals surface area contributed by atoms with Gasteiger partial charge < -0.3 is 25.8 Å². The fourth-order valence-corrected chi connectivity index (χ4v) is 2.14. The number of nitrogens with zero attached hydrogens (tertiary/aromatic N) is 4. The van der Waals surface area contributed by atoms with Crippen LogP contribution in [0.2, 0.25) is 0 Å². The molecule has 2 aromatic rings. The number of hydrogen-bond donors (Lipinski definition) is 4. The Morgan fingerprint density at radius 1 is 1.45 bits per heavy atom. The number of alkyl halides is 1. The number of aromatic nitrogens is 4. The van der Waals surface area contributed by atoms with E-state index in [1.54, 1.807) is 0 Å². The average molecular weight is 285 g/mol. The molecule has 0 aromatic carbocycles. The van der Waals surface area contributed by atoms with Gasteiger partial charge in [0.2, 0.25) is 0 Å². The molecule has 0 spiro atoms. The molecule has 0 bridgehead atoms. The van der Waals surface area contributed by atoms with Gasteiger partial charge in [-0.1, -0.05) is 0 Å². The zero-order chi connectivity index (χ0) is 14.5. The molecule has 0 unspecified atom stereocenters. The van der Waals surface area contributed by atoms with Gasteiger partial charge in [-0.3, -0.25) is 0 Å². The third-order valence-electron chi connectivity index (χ3n) is 3.25. The van der Waals surface area contributed by atoms with Gasteiger partial charge in [-0.05, 0) is 0 Å². The standard InChI is InChI=1S/C10H12FN5O4/c11-10(2-17)6(19)5(18)9(20-10)16-8-4(1-15-16)7(12)13-3-14-8/h1,3,5-6,9,17-19H,2H2,(H2,12,13,14)/t5-,6+,9-,10-/m1/s1.